The van der Waals surface area contributed by atoms with Crippen LogP contribution in [0.3, 0.4) is 0 Å². The molecule has 5 nitrogen and oxygen atoms in total. The van der Waals surface area contributed by atoms with E-state index in [1.807, 2.05) is 37.3 Å². The third-order valence-corrected chi connectivity index (χ3v) is 5.90. The van der Waals surface area contributed by atoms with Gasteiger partial charge in [0.1, 0.15) is 5.82 Å². The van der Waals surface area contributed by atoms with Crippen molar-refractivity contribution in [3.8, 4) is 11.1 Å². The van der Waals surface area contributed by atoms with Gasteiger partial charge in [-0.2, -0.15) is 0 Å². The van der Waals surface area contributed by atoms with Gasteiger partial charge in [-0.15, -0.1) is 0 Å². The fourth-order valence-corrected chi connectivity index (χ4v) is 4.43. The second-order valence-electron chi connectivity index (χ2n) is 7.30. The highest BCUT2D eigenvalue weighted by molar-refractivity contribution is 8.13. The van der Waals surface area contributed by atoms with Crippen LogP contribution in [-0.4, -0.2) is 21.8 Å². The van der Waals surface area contributed by atoms with Crippen LogP contribution in [0.25, 0.3) is 11.1 Å². The molecular formula is C23H21FN4OS. The number of carbonyl (C=O) groups excluding carboxylic acids is 1. The maximum absolute atomic E-state index is 14.6. The van der Waals surface area contributed by atoms with Gasteiger partial charge in [0.25, 0.3) is 5.91 Å². The lowest BCUT2D eigenvalue weighted by Gasteiger charge is -2.30. The summed E-state index contributed by atoms with van der Waals surface area (Å²) in [6.45, 7) is 1.86. The molecule has 1 unspecified atom stereocenters. The first-order valence-electron chi connectivity index (χ1n) is 9.55. The van der Waals surface area contributed by atoms with Crippen LogP contribution in [0.5, 0.6) is 0 Å². The summed E-state index contributed by atoms with van der Waals surface area (Å²) < 4.78 is 14.6. The molecular weight excluding hydrogens is 399 g/mol. The van der Waals surface area contributed by atoms with Gasteiger partial charge in [0.2, 0.25) is 0 Å². The van der Waals surface area contributed by atoms with Crippen LogP contribution >= 0.6 is 11.8 Å². The molecule has 3 aromatic rings. The Morgan fingerprint density at radius 2 is 1.93 bits per heavy atom. The van der Waals surface area contributed by atoms with Crippen molar-refractivity contribution in [3.05, 3.63) is 83.9 Å². The summed E-state index contributed by atoms with van der Waals surface area (Å²) in [5.74, 6) is 0.0803. The molecule has 3 N–H and O–H groups in total. The lowest BCUT2D eigenvalue weighted by atomic mass is 9.89. The molecule has 1 amide bonds. The number of thioether (sulfide) groups is 1. The Labute approximate surface area is 178 Å². The van der Waals surface area contributed by atoms with Crippen LogP contribution < -0.4 is 11.1 Å². The number of halogens is 1. The minimum absolute atomic E-state index is 0.315. The number of pyridine rings is 1. The first kappa shape index (κ1) is 20.1. The van der Waals surface area contributed by atoms with Crippen molar-refractivity contribution in [1.29, 1.82) is 0 Å². The van der Waals surface area contributed by atoms with E-state index in [-0.39, 0.29) is 11.7 Å². The molecule has 2 aromatic carbocycles. The molecule has 0 radical (unpaired) electrons. The summed E-state index contributed by atoms with van der Waals surface area (Å²) in [5.41, 5.74) is 8.27. The molecule has 0 bridgehead atoms. The van der Waals surface area contributed by atoms with Crippen LogP contribution in [0.15, 0.2) is 72.0 Å². The second-order valence-corrected chi connectivity index (χ2v) is 8.41. The molecule has 1 atom stereocenters. The van der Waals surface area contributed by atoms with Gasteiger partial charge in [-0.25, -0.2) is 4.39 Å². The number of hydrogen-bond acceptors (Lipinski definition) is 5. The minimum atomic E-state index is -0.755. The number of aromatic nitrogens is 1. The Balaban J connectivity index is 1.60. The molecule has 1 aliphatic rings. The lowest BCUT2D eigenvalue weighted by Crippen LogP contribution is -2.29. The molecule has 152 valence electrons. The molecule has 0 fully saturated rings. The summed E-state index contributed by atoms with van der Waals surface area (Å²) >= 11 is 1.46. The van der Waals surface area contributed by atoms with Crippen molar-refractivity contribution in [1.82, 2.24) is 4.98 Å². The van der Waals surface area contributed by atoms with Gasteiger partial charge in [-0.3, -0.25) is 14.8 Å². The fourth-order valence-electron chi connectivity index (χ4n) is 3.45. The molecule has 7 heteroatoms. The highest BCUT2D eigenvalue weighted by Crippen LogP contribution is 2.37. The number of rotatable bonds is 4. The number of benzene rings is 2. The highest BCUT2D eigenvalue weighted by atomic mass is 32.2. The Morgan fingerprint density at radius 1 is 1.13 bits per heavy atom. The Kier molecular flexibility index (Phi) is 5.55. The molecule has 0 spiro atoms. The van der Waals surface area contributed by atoms with Crippen LogP contribution in [0, 0.1) is 5.82 Å². The van der Waals surface area contributed by atoms with Crippen molar-refractivity contribution in [3.63, 3.8) is 0 Å². The molecule has 0 saturated carbocycles. The molecule has 0 saturated heterocycles. The van der Waals surface area contributed by atoms with Gasteiger partial charge in [0.05, 0.1) is 11.1 Å². The molecule has 30 heavy (non-hydrogen) atoms. The van der Waals surface area contributed by atoms with Gasteiger partial charge in [0.15, 0.2) is 5.17 Å². The van der Waals surface area contributed by atoms with E-state index in [4.69, 9.17) is 5.73 Å². The van der Waals surface area contributed by atoms with E-state index in [9.17, 15) is 9.18 Å². The van der Waals surface area contributed by atoms with E-state index in [1.54, 1.807) is 24.4 Å². The third-order valence-electron chi connectivity index (χ3n) is 5.11. The first-order valence-corrected chi connectivity index (χ1v) is 10.5. The smallest absolute Gasteiger partial charge is 0.257 e. The summed E-state index contributed by atoms with van der Waals surface area (Å²) in [7, 11) is 0. The van der Waals surface area contributed by atoms with Crippen LogP contribution in [0.1, 0.15) is 29.3 Å². The molecule has 2 heterocycles. The average Bonchev–Trinajstić information content (AvgIpc) is 2.75. The predicted octanol–water partition coefficient (Wildman–Crippen LogP) is 4.81. The Bertz CT molecular complexity index is 1120. The SMILES string of the molecule is CC1(c2cc(NC(=O)c3cncc(-c4ccccc4)c3)ccc2F)CCSC(N)=N1. The number of amides is 1. The molecule has 1 aliphatic heterocycles. The third kappa shape index (κ3) is 4.21. The predicted molar refractivity (Wildman–Crippen MR) is 120 cm³/mol. The van der Waals surface area contributed by atoms with Crippen molar-refractivity contribution in [2.24, 2.45) is 10.7 Å². The maximum atomic E-state index is 14.6. The van der Waals surface area contributed by atoms with E-state index in [0.717, 1.165) is 16.9 Å². The number of aliphatic imine (C=N–C) groups is 1. The number of nitrogens with one attached hydrogen (secondary N) is 1. The highest BCUT2D eigenvalue weighted by Gasteiger charge is 2.32. The largest absolute Gasteiger partial charge is 0.379 e. The average molecular weight is 421 g/mol. The number of anilines is 1. The maximum Gasteiger partial charge on any atom is 0.257 e. The number of hydrogen-bond donors (Lipinski definition) is 2. The zero-order valence-corrected chi connectivity index (χ0v) is 17.2. The zero-order chi connectivity index (χ0) is 21.1. The summed E-state index contributed by atoms with van der Waals surface area (Å²) in [5, 5.41) is 3.29. The van der Waals surface area contributed by atoms with Crippen molar-refractivity contribution in [2.45, 2.75) is 18.9 Å². The number of nitrogens with two attached hydrogens (primary N) is 1. The van der Waals surface area contributed by atoms with Crippen LogP contribution in [0.4, 0.5) is 10.1 Å². The zero-order valence-electron chi connectivity index (χ0n) is 16.4. The van der Waals surface area contributed by atoms with Crippen molar-refractivity contribution < 1.29 is 9.18 Å². The summed E-state index contributed by atoms with van der Waals surface area (Å²) in [6, 6.07) is 16.0. The normalized spacial score (nSPS) is 18.5. The standard InChI is InChI=1S/C23H21FN4OS/c1-23(9-10-30-22(25)28-23)19-12-18(7-8-20(19)24)27-21(29)17-11-16(13-26-14-17)15-5-3-2-4-6-15/h2-8,11-14H,9-10H2,1H3,(H2,25,28)(H,27,29). The number of carbonyl (C=O) groups is 1. The monoisotopic (exact) mass is 420 g/mol. The first-order chi connectivity index (χ1) is 14.4. The Morgan fingerprint density at radius 3 is 2.70 bits per heavy atom. The second kappa shape index (κ2) is 8.28. The fraction of sp³-hybridized carbons (Fsp3) is 0.174. The summed E-state index contributed by atoms with van der Waals surface area (Å²) in [4.78, 5) is 21.5. The van der Waals surface area contributed by atoms with Gasteiger partial charge < -0.3 is 11.1 Å². The van der Waals surface area contributed by atoms with Crippen LogP contribution in [0.2, 0.25) is 0 Å². The topological polar surface area (TPSA) is 80.4 Å². The van der Waals surface area contributed by atoms with Gasteiger partial charge in [-0.05, 0) is 43.2 Å². The van der Waals surface area contributed by atoms with Gasteiger partial charge in [0, 0.05) is 35.0 Å². The van der Waals surface area contributed by atoms with E-state index >= 15 is 0 Å². The van der Waals surface area contributed by atoms with Gasteiger partial charge in [-0.1, -0.05) is 42.1 Å². The lowest BCUT2D eigenvalue weighted by molar-refractivity contribution is 0.102. The van der Waals surface area contributed by atoms with E-state index in [1.165, 1.54) is 24.0 Å². The molecule has 1 aromatic heterocycles. The van der Waals surface area contributed by atoms with Gasteiger partial charge >= 0.3 is 0 Å². The Hall–Kier alpha value is -3.19. The van der Waals surface area contributed by atoms with Crippen LogP contribution in [-0.2, 0) is 5.54 Å². The summed E-state index contributed by atoms with van der Waals surface area (Å²) in [6.07, 6.45) is 3.89. The van der Waals surface area contributed by atoms with E-state index in [0.29, 0.717) is 28.4 Å². The van der Waals surface area contributed by atoms with Crippen molar-refractivity contribution in [2.75, 3.05) is 11.1 Å². The number of nitrogens with zero attached hydrogens (tertiary/aromatic N) is 2. The quantitative estimate of drug-likeness (QED) is 0.635. The van der Waals surface area contributed by atoms with E-state index < -0.39 is 5.54 Å². The minimum Gasteiger partial charge on any atom is -0.379 e. The van der Waals surface area contributed by atoms with Crippen molar-refractivity contribution >= 4 is 28.5 Å². The molecule has 4 rings (SSSR count). The van der Waals surface area contributed by atoms with E-state index in [2.05, 4.69) is 15.3 Å². The number of amidine groups is 1. The molecule has 0 aliphatic carbocycles.